The normalized spacial score (nSPS) is 19.5. The van der Waals surface area contributed by atoms with Gasteiger partial charge in [0.25, 0.3) is 0 Å². The summed E-state index contributed by atoms with van der Waals surface area (Å²) in [5.41, 5.74) is 2.32. The number of pyridine rings is 1. The molecule has 1 saturated heterocycles. The molecule has 0 bridgehead atoms. The van der Waals surface area contributed by atoms with Gasteiger partial charge in [0.1, 0.15) is 11.5 Å². The van der Waals surface area contributed by atoms with E-state index in [9.17, 15) is 4.79 Å². The van der Waals surface area contributed by atoms with Crippen molar-refractivity contribution in [2.45, 2.75) is 25.8 Å². The molecule has 30 heavy (non-hydrogen) atoms. The average molecular weight is 405 g/mol. The van der Waals surface area contributed by atoms with Gasteiger partial charge in [0.2, 0.25) is 5.91 Å². The zero-order chi connectivity index (χ0) is 21.0. The quantitative estimate of drug-likeness (QED) is 0.628. The van der Waals surface area contributed by atoms with Crippen LogP contribution in [-0.2, 0) is 17.8 Å². The molecule has 6 heteroatoms. The van der Waals surface area contributed by atoms with E-state index in [1.54, 1.807) is 4.90 Å². The van der Waals surface area contributed by atoms with E-state index < -0.39 is 5.41 Å². The summed E-state index contributed by atoms with van der Waals surface area (Å²) < 4.78 is 5.68. The summed E-state index contributed by atoms with van der Waals surface area (Å²) in [6.45, 7) is 2.39. The lowest BCUT2D eigenvalue weighted by Crippen LogP contribution is -2.52. The van der Waals surface area contributed by atoms with Crippen LogP contribution in [0.1, 0.15) is 24.3 Å². The van der Waals surface area contributed by atoms with Gasteiger partial charge in [0.05, 0.1) is 11.1 Å². The number of carbonyl (C=O) groups is 1. The van der Waals surface area contributed by atoms with Crippen LogP contribution in [0, 0.1) is 5.41 Å². The minimum Gasteiger partial charge on any atom is -0.361 e. The summed E-state index contributed by atoms with van der Waals surface area (Å²) in [5.74, 6) is 0.898. The first-order chi connectivity index (χ1) is 14.6. The molecule has 1 aromatic carbocycles. The van der Waals surface area contributed by atoms with Crippen LogP contribution in [0.25, 0.3) is 11.3 Å². The first kappa shape index (κ1) is 20.3. The highest BCUT2D eigenvalue weighted by atomic mass is 16.5. The molecule has 0 aliphatic carbocycles. The average Bonchev–Trinajstić information content (AvgIpc) is 3.23. The molecule has 0 unspecified atom stereocenters. The number of likely N-dealkylation sites (tertiary alicyclic amines) is 1. The number of carbonyl (C=O) groups excluding carboxylic acids is 1. The molecule has 156 valence electrons. The van der Waals surface area contributed by atoms with Crippen LogP contribution in [-0.4, -0.2) is 53.0 Å². The van der Waals surface area contributed by atoms with Gasteiger partial charge in [-0.15, -0.1) is 0 Å². The number of piperidine rings is 1. The van der Waals surface area contributed by atoms with Crippen LogP contribution in [0.5, 0.6) is 0 Å². The third-order valence-corrected chi connectivity index (χ3v) is 5.77. The third kappa shape index (κ3) is 4.44. The van der Waals surface area contributed by atoms with Crippen LogP contribution in [0.3, 0.4) is 0 Å². The van der Waals surface area contributed by atoms with Gasteiger partial charge in [-0.1, -0.05) is 41.6 Å². The second-order valence-corrected chi connectivity index (χ2v) is 8.34. The Balaban J connectivity index is 1.57. The zero-order valence-electron chi connectivity index (χ0n) is 17.6. The van der Waals surface area contributed by atoms with Crippen LogP contribution in [0.15, 0.2) is 65.3 Å². The number of benzene rings is 1. The SMILES string of the molecule is CN(C)C(=O)[C@@]1(Cc2cc(-c3ccccc3)no2)CCCN(Cc2ccccn2)C1. The van der Waals surface area contributed by atoms with Gasteiger partial charge in [0.15, 0.2) is 0 Å². The summed E-state index contributed by atoms with van der Waals surface area (Å²) in [5, 5.41) is 4.25. The first-order valence-corrected chi connectivity index (χ1v) is 10.4. The number of hydrogen-bond acceptors (Lipinski definition) is 5. The molecule has 1 fully saturated rings. The molecule has 0 spiro atoms. The predicted molar refractivity (Wildman–Crippen MR) is 116 cm³/mol. The Morgan fingerprint density at radius 3 is 2.70 bits per heavy atom. The maximum absolute atomic E-state index is 13.3. The van der Waals surface area contributed by atoms with Crippen molar-refractivity contribution in [3.05, 3.63) is 72.2 Å². The molecule has 6 nitrogen and oxygen atoms in total. The van der Waals surface area contributed by atoms with Crippen LogP contribution < -0.4 is 0 Å². The van der Waals surface area contributed by atoms with E-state index in [2.05, 4.69) is 15.0 Å². The number of rotatable bonds is 6. The first-order valence-electron chi connectivity index (χ1n) is 10.4. The Bertz CT molecular complexity index is 971. The molecule has 1 aliphatic heterocycles. The highest BCUT2D eigenvalue weighted by Gasteiger charge is 2.44. The number of nitrogens with zero attached hydrogens (tertiary/aromatic N) is 4. The Morgan fingerprint density at radius 2 is 1.97 bits per heavy atom. The lowest BCUT2D eigenvalue weighted by Gasteiger charge is -2.42. The highest BCUT2D eigenvalue weighted by molar-refractivity contribution is 5.83. The molecule has 3 aromatic rings. The Labute approximate surface area is 177 Å². The summed E-state index contributed by atoms with van der Waals surface area (Å²) >= 11 is 0. The summed E-state index contributed by atoms with van der Waals surface area (Å²) in [7, 11) is 3.66. The number of aromatic nitrogens is 2. The fourth-order valence-corrected chi connectivity index (χ4v) is 4.43. The molecule has 1 atom stereocenters. The van der Waals surface area contributed by atoms with Gasteiger partial charge < -0.3 is 9.42 Å². The van der Waals surface area contributed by atoms with Gasteiger partial charge in [-0.3, -0.25) is 14.7 Å². The Morgan fingerprint density at radius 1 is 1.17 bits per heavy atom. The van der Waals surface area contributed by atoms with Gasteiger partial charge in [-0.25, -0.2) is 0 Å². The monoisotopic (exact) mass is 404 g/mol. The van der Waals surface area contributed by atoms with E-state index in [4.69, 9.17) is 4.52 Å². The molecule has 3 heterocycles. The van der Waals surface area contributed by atoms with Crippen molar-refractivity contribution in [1.82, 2.24) is 19.9 Å². The smallest absolute Gasteiger partial charge is 0.230 e. The van der Waals surface area contributed by atoms with Crippen molar-refractivity contribution in [2.75, 3.05) is 27.2 Å². The second kappa shape index (κ2) is 8.79. The van der Waals surface area contributed by atoms with Crippen LogP contribution in [0.2, 0.25) is 0 Å². The van der Waals surface area contributed by atoms with Gasteiger partial charge in [-0.2, -0.15) is 0 Å². The summed E-state index contributed by atoms with van der Waals surface area (Å²) in [6.07, 6.45) is 4.16. The largest absolute Gasteiger partial charge is 0.361 e. The van der Waals surface area contributed by atoms with Crippen LogP contribution in [0.4, 0.5) is 0 Å². The van der Waals surface area contributed by atoms with Crippen molar-refractivity contribution in [3.8, 4) is 11.3 Å². The van der Waals surface area contributed by atoms with Crippen LogP contribution >= 0.6 is 0 Å². The molecular weight excluding hydrogens is 376 g/mol. The van der Waals surface area contributed by atoms with Crippen molar-refractivity contribution < 1.29 is 9.32 Å². The molecular formula is C24H28N4O2. The third-order valence-electron chi connectivity index (χ3n) is 5.77. The van der Waals surface area contributed by atoms with E-state index in [0.29, 0.717) is 13.0 Å². The maximum atomic E-state index is 13.3. The zero-order valence-corrected chi connectivity index (χ0v) is 17.6. The van der Waals surface area contributed by atoms with E-state index in [1.165, 1.54) is 0 Å². The van der Waals surface area contributed by atoms with E-state index in [1.807, 2.05) is 74.9 Å². The highest BCUT2D eigenvalue weighted by Crippen LogP contribution is 2.36. The Kier molecular flexibility index (Phi) is 5.95. The maximum Gasteiger partial charge on any atom is 0.230 e. The molecule has 1 amide bonds. The van der Waals surface area contributed by atoms with E-state index in [0.717, 1.165) is 48.6 Å². The van der Waals surface area contributed by atoms with Crippen molar-refractivity contribution in [2.24, 2.45) is 5.41 Å². The van der Waals surface area contributed by atoms with Gasteiger partial charge in [0, 0.05) is 51.4 Å². The number of hydrogen-bond donors (Lipinski definition) is 0. The molecule has 0 radical (unpaired) electrons. The molecule has 2 aromatic heterocycles. The minimum absolute atomic E-state index is 0.144. The Hall–Kier alpha value is -2.99. The molecule has 4 rings (SSSR count). The summed E-state index contributed by atoms with van der Waals surface area (Å²) in [4.78, 5) is 21.8. The number of amides is 1. The fraction of sp³-hybridized carbons (Fsp3) is 0.375. The molecule has 0 saturated carbocycles. The fourth-order valence-electron chi connectivity index (χ4n) is 4.43. The second-order valence-electron chi connectivity index (χ2n) is 8.34. The lowest BCUT2D eigenvalue weighted by atomic mass is 9.75. The van der Waals surface area contributed by atoms with Crippen molar-refractivity contribution in [1.29, 1.82) is 0 Å². The lowest BCUT2D eigenvalue weighted by molar-refractivity contribution is -0.143. The van der Waals surface area contributed by atoms with E-state index in [-0.39, 0.29) is 5.91 Å². The standard InChI is InChI=1S/C24H28N4O2/c1-27(2)23(29)24(12-8-14-28(18-24)17-20-11-6-7-13-25-20)16-21-15-22(26-30-21)19-9-4-3-5-10-19/h3-7,9-11,13,15H,8,12,14,16-18H2,1-2H3/t24-/m1/s1. The van der Waals surface area contributed by atoms with Gasteiger partial charge >= 0.3 is 0 Å². The van der Waals surface area contributed by atoms with Crippen molar-refractivity contribution >= 4 is 5.91 Å². The minimum atomic E-state index is -0.524. The summed E-state index contributed by atoms with van der Waals surface area (Å²) in [6, 6.07) is 17.9. The van der Waals surface area contributed by atoms with Crippen molar-refractivity contribution in [3.63, 3.8) is 0 Å². The topological polar surface area (TPSA) is 62.5 Å². The predicted octanol–water partition coefficient (Wildman–Crippen LogP) is 3.65. The molecule has 0 N–H and O–H groups in total. The molecule has 1 aliphatic rings. The van der Waals surface area contributed by atoms with Gasteiger partial charge in [-0.05, 0) is 31.5 Å². The van der Waals surface area contributed by atoms with E-state index >= 15 is 0 Å².